The van der Waals surface area contributed by atoms with Crippen LogP contribution in [0.25, 0.3) is 0 Å². The average Bonchev–Trinajstić information content (AvgIpc) is 2.45. The topological polar surface area (TPSA) is 15.3 Å². The summed E-state index contributed by atoms with van der Waals surface area (Å²) in [6.45, 7) is 3.60. The fourth-order valence-corrected chi connectivity index (χ4v) is 2.43. The second kappa shape index (κ2) is 7.34. The van der Waals surface area contributed by atoms with Crippen LogP contribution in [0.3, 0.4) is 0 Å². The Morgan fingerprint density at radius 2 is 1.81 bits per heavy atom. The third kappa shape index (κ3) is 4.66. The lowest BCUT2D eigenvalue weighted by Gasteiger charge is -2.23. The van der Waals surface area contributed by atoms with Crippen molar-refractivity contribution < 1.29 is 4.39 Å². The molecule has 3 heteroatoms. The molecule has 112 valence electrons. The summed E-state index contributed by atoms with van der Waals surface area (Å²) in [5.74, 6) is -0.177. The van der Waals surface area contributed by atoms with E-state index in [0.29, 0.717) is 0 Å². The van der Waals surface area contributed by atoms with Gasteiger partial charge in [0, 0.05) is 19.1 Å². The van der Waals surface area contributed by atoms with Crippen molar-refractivity contribution >= 4 is 0 Å². The molecule has 0 fully saturated rings. The van der Waals surface area contributed by atoms with E-state index in [1.807, 2.05) is 19.1 Å². The summed E-state index contributed by atoms with van der Waals surface area (Å²) in [6.07, 6.45) is 0. The maximum atomic E-state index is 13.2. The minimum Gasteiger partial charge on any atom is -0.308 e. The van der Waals surface area contributed by atoms with Gasteiger partial charge in [-0.2, -0.15) is 0 Å². The van der Waals surface area contributed by atoms with Crippen molar-refractivity contribution in [3.63, 3.8) is 0 Å². The van der Waals surface area contributed by atoms with Gasteiger partial charge in [-0.25, -0.2) is 4.39 Å². The number of rotatable bonds is 6. The highest BCUT2D eigenvalue weighted by Crippen LogP contribution is 2.16. The zero-order valence-corrected chi connectivity index (χ0v) is 12.9. The van der Waals surface area contributed by atoms with Crippen molar-refractivity contribution in [2.24, 2.45) is 0 Å². The second-order valence-corrected chi connectivity index (χ2v) is 5.68. The molecule has 0 spiro atoms. The molecule has 1 N–H and O–H groups in total. The second-order valence-electron chi connectivity index (χ2n) is 5.68. The summed E-state index contributed by atoms with van der Waals surface area (Å²) in [7, 11) is 4.14. The summed E-state index contributed by atoms with van der Waals surface area (Å²) in [5.41, 5.74) is 3.39. The summed E-state index contributed by atoms with van der Waals surface area (Å²) in [4.78, 5) is 2.17. The first kappa shape index (κ1) is 15.7. The zero-order valence-electron chi connectivity index (χ0n) is 12.9. The molecular weight excluding hydrogens is 263 g/mol. The Bertz CT molecular complexity index is 567. The first-order valence-electron chi connectivity index (χ1n) is 7.24. The molecule has 0 aliphatic heterocycles. The lowest BCUT2D eigenvalue weighted by atomic mass is 10.0. The first-order chi connectivity index (χ1) is 10.1. The lowest BCUT2D eigenvalue weighted by molar-refractivity contribution is 0.340. The number of hydrogen-bond acceptors (Lipinski definition) is 2. The molecule has 0 radical (unpaired) electrons. The quantitative estimate of drug-likeness (QED) is 0.874. The summed E-state index contributed by atoms with van der Waals surface area (Å²) < 4.78 is 13.2. The van der Waals surface area contributed by atoms with Gasteiger partial charge in [-0.1, -0.05) is 36.4 Å². The maximum Gasteiger partial charge on any atom is 0.123 e. The van der Waals surface area contributed by atoms with E-state index in [2.05, 4.69) is 48.6 Å². The minimum absolute atomic E-state index is 0.177. The van der Waals surface area contributed by atoms with E-state index in [0.717, 1.165) is 24.2 Å². The largest absolute Gasteiger partial charge is 0.308 e. The summed E-state index contributed by atoms with van der Waals surface area (Å²) in [5, 5.41) is 3.58. The Labute approximate surface area is 126 Å². The van der Waals surface area contributed by atoms with Crippen LogP contribution in [0.4, 0.5) is 4.39 Å². The van der Waals surface area contributed by atoms with Gasteiger partial charge in [0.2, 0.25) is 0 Å². The molecule has 0 aromatic heterocycles. The standard InChI is InChI=1S/C18H23FN2/c1-14-11-17(19)10-9-16(14)12-20-18(13-21(2)3)15-7-5-4-6-8-15/h4-11,18,20H,12-13H2,1-3H3. The van der Waals surface area contributed by atoms with Crippen LogP contribution in [0.1, 0.15) is 22.7 Å². The van der Waals surface area contributed by atoms with Crippen LogP contribution in [-0.2, 0) is 6.54 Å². The van der Waals surface area contributed by atoms with E-state index >= 15 is 0 Å². The fraction of sp³-hybridized carbons (Fsp3) is 0.333. The number of likely N-dealkylation sites (N-methyl/N-ethyl adjacent to an activating group) is 1. The number of halogens is 1. The Morgan fingerprint density at radius 3 is 2.43 bits per heavy atom. The highest BCUT2D eigenvalue weighted by molar-refractivity contribution is 5.27. The lowest BCUT2D eigenvalue weighted by Crippen LogP contribution is -2.31. The number of nitrogens with one attached hydrogen (secondary N) is 1. The van der Waals surface area contributed by atoms with Crippen molar-refractivity contribution in [2.75, 3.05) is 20.6 Å². The van der Waals surface area contributed by atoms with Gasteiger partial charge in [0.15, 0.2) is 0 Å². The molecular formula is C18H23FN2. The van der Waals surface area contributed by atoms with Gasteiger partial charge in [0.05, 0.1) is 0 Å². The van der Waals surface area contributed by atoms with Crippen LogP contribution in [0.2, 0.25) is 0 Å². The Balaban J connectivity index is 2.09. The summed E-state index contributed by atoms with van der Waals surface area (Å²) >= 11 is 0. The average molecular weight is 286 g/mol. The predicted octanol–water partition coefficient (Wildman–Crippen LogP) is 3.53. The van der Waals surface area contributed by atoms with Crippen molar-refractivity contribution in [1.82, 2.24) is 10.2 Å². The van der Waals surface area contributed by atoms with Crippen LogP contribution in [0.15, 0.2) is 48.5 Å². The molecule has 0 aliphatic carbocycles. The van der Waals surface area contributed by atoms with Crippen LogP contribution in [0, 0.1) is 12.7 Å². The van der Waals surface area contributed by atoms with Crippen molar-refractivity contribution in [3.05, 3.63) is 71.0 Å². The number of hydrogen-bond donors (Lipinski definition) is 1. The van der Waals surface area contributed by atoms with Gasteiger partial charge >= 0.3 is 0 Å². The van der Waals surface area contributed by atoms with E-state index in [4.69, 9.17) is 0 Å². The molecule has 2 rings (SSSR count). The summed E-state index contributed by atoms with van der Waals surface area (Å²) in [6, 6.07) is 15.6. The van der Waals surface area contributed by atoms with Crippen LogP contribution in [-0.4, -0.2) is 25.5 Å². The van der Waals surface area contributed by atoms with Crippen LogP contribution >= 0.6 is 0 Å². The molecule has 2 aromatic carbocycles. The van der Waals surface area contributed by atoms with Gasteiger partial charge in [0.25, 0.3) is 0 Å². The monoisotopic (exact) mass is 286 g/mol. The Kier molecular flexibility index (Phi) is 5.48. The highest BCUT2D eigenvalue weighted by atomic mass is 19.1. The Hall–Kier alpha value is -1.71. The normalized spacial score (nSPS) is 12.6. The highest BCUT2D eigenvalue weighted by Gasteiger charge is 2.12. The van der Waals surface area contributed by atoms with Gasteiger partial charge in [-0.3, -0.25) is 0 Å². The van der Waals surface area contributed by atoms with E-state index in [1.165, 1.54) is 11.6 Å². The van der Waals surface area contributed by atoms with Gasteiger partial charge < -0.3 is 10.2 Å². The third-order valence-corrected chi connectivity index (χ3v) is 3.59. The smallest absolute Gasteiger partial charge is 0.123 e. The molecule has 1 unspecified atom stereocenters. The molecule has 0 saturated heterocycles. The zero-order chi connectivity index (χ0) is 15.2. The predicted molar refractivity (Wildman–Crippen MR) is 85.7 cm³/mol. The molecule has 0 heterocycles. The Morgan fingerprint density at radius 1 is 1.10 bits per heavy atom. The van der Waals surface area contributed by atoms with Gasteiger partial charge in [-0.05, 0) is 49.8 Å². The third-order valence-electron chi connectivity index (χ3n) is 3.59. The molecule has 1 atom stereocenters. The molecule has 0 aliphatic rings. The van der Waals surface area contributed by atoms with Crippen molar-refractivity contribution in [3.8, 4) is 0 Å². The van der Waals surface area contributed by atoms with Crippen LogP contribution < -0.4 is 5.32 Å². The number of benzene rings is 2. The molecule has 2 aromatic rings. The van der Waals surface area contributed by atoms with Gasteiger partial charge in [-0.15, -0.1) is 0 Å². The molecule has 21 heavy (non-hydrogen) atoms. The van der Waals surface area contributed by atoms with E-state index in [1.54, 1.807) is 6.07 Å². The SMILES string of the molecule is Cc1cc(F)ccc1CNC(CN(C)C)c1ccccc1. The van der Waals surface area contributed by atoms with E-state index < -0.39 is 0 Å². The van der Waals surface area contributed by atoms with Gasteiger partial charge in [0.1, 0.15) is 5.82 Å². The molecule has 2 nitrogen and oxygen atoms in total. The van der Waals surface area contributed by atoms with Crippen LogP contribution in [0.5, 0.6) is 0 Å². The van der Waals surface area contributed by atoms with E-state index in [9.17, 15) is 4.39 Å². The minimum atomic E-state index is -0.177. The van der Waals surface area contributed by atoms with Crippen molar-refractivity contribution in [2.45, 2.75) is 19.5 Å². The van der Waals surface area contributed by atoms with E-state index in [-0.39, 0.29) is 11.9 Å². The number of aryl methyl sites for hydroxylation is 1. The molecule has 0 amide bonds. The molecule has 0 saturated carbocycles. The maximum absolute atomic E-state index is 13.2. The first-order valence-corrected chi connectivity index (χ1v) is 7.24. The fourth-order valence-electron chi connectivity index (χ4n) is 2.43. The van der Waals surface area contributed by atoms with Crippen molar-refractivity contribution in [1.29, 1.82) is 0 Å². The molecule has 0 bridgehead atoms. The number of nitrogens with zero attached hydrogens (tertiary/aromatic N) is 1.